The van der Waals surface area contributed by atoms with Crippen LogP contribution in [0.4, 0.5) is 0 Å². The molecule has 1 aromatic heterocycles. The highest BCUT2D eigenvalue weighted by atomic mass is 32.1. The number of hydrogen-bond acceptors (Lipinski definition) is 4. The van der Waals surface area contributed by atoms with Gasteiger partial charge in [-0.1, -0.05) is 0 Å². The van der Waals surface area contributed by atoms with Gasteiger partial charge in [0.2, 0.25) is 0 Å². The summed E-state index contributed by atoms with van der Waals surface area (Å²) in [5.41, 5.74) is 8.43. The highest BCUT2D eigenvalue weighted by molar-refractivity contribution is 7.07. The second-order valence-electron chi connectivity index (χ2n) is 2.86. The molecule has 0 aliphatic carbocycles. The van der Waals surface area contributed by atoms with Crippen LogP contribution < -0.4 is 5.73 Å². The van der Waals surface area contributed by atoms with Gasteiger partial charge in [0.15, 0.2) is 0 Å². The average Bonchev–Trinajstić information content (AvgIpc) is 2.53. The number of rotatable bonds is 5. The van der Waals surface area contributed by atoms with Gasteiger partial charge in [-0.15, -0.1) is 11.3 Å². The van der Waals surface area contributed by atoms with E-state index in [1.54, 1.807) is 11.3 Å². The lowest BCUT2D eigenvalue weighted by Gasteiger charge is -2.13. The van der Waals surface area contributed by atoms with E-state index >= 15 is 0 Å². The summed E-state index contributed by atoms with van der Waals surface area (Å²) in [7, 11) is 2.09. The van der Waals surface area contributed by atoms with Crippen molar-refractivity contribution in [1.29, 1.82) is 0 Å². The molecule has 0 aliphatic rings. The molecule has 1 aromatic rings. The van der Waals surface area contributed by atoms with Crippen molar-refractivity contribution in [3.05, 3.63) is 16.6 Å². The molecule has 1 heterocycles. The third-order valence-electron chi connectivity index (χ3n) is 1.66. The Morgan fingerprint density at radius 2 is 2.50 bits per heavy atom. The first-order valence-corrected chi connectivity index (χ1v) is 5.03. The molecule has 0 saturated heterocycles. The van der Waals surface area contributed by atoms with Crippen LogP contribution in [0.3, 0.4) is 0 Å². The standard InChI is InChI=1S/C8H15N3S/c1-11(4-2-3-9)5-8-6-12-7-10-8/h6-7H,2-5,9H2,1H3. The van der Waals surface area contributed by atoms with Crippen LogP contribution in [0.25, 0.3) is 0 Å². The van der Waals surface area contributed by atoms with Gasteiger partial charge in [0.1, 0.15) is 0 Å². The lowest BCUT2D eigenvalue weighted by Crippen LogP contribution is -2.21. The van der Waals surface area contributed by atoms with Crippen molar-refractivity contribution in [3.63, 3.8) is 0 Å². The quantitative estimate of drug-likeness (QED) is 0.742. The molecule has 0 aromatic carbocycles. The highest BCUT2D eigenvalue weighted by Gasteiger charge is 2.00. The summed E-state index contributed by atoms with van der Waals surface area (Å²) < 4.78 is 0. The van der Waals surface area contributed by atoms with Crippen LogP contribution in [0.5, 0.6) is 0 Å². The summed E-state index contributed by atoms with van der Waals surface area (Å²) in [5.74, 6) is 0. The van der Waals surface area contributed by atoms with Crippen LogP contribution in [0.15, 0.2) is 10.9 Å². The predicted octanol–water partition coefficient (Wildman–Crippen LogP) is 0.924. The molecule has 12 heavy (non-hydrogen) atoms. The molecule has 2 N–H and O–H groups in total. The third kappa shape index (κ3) is 3.30. The normalized spacial score (nSPS) is 10.9. The Hall–Kier alpha value is -0.450. The second-order valence-corrected chi connectivity index (χ2v) is 3.58. The largest absolute Gasteiger partial charge is 0.330 e. The monoisotopic (exact) mass is 185 g/mol. The zero-order valence-electron chi connectivity index (χ0n) is 7.36. The molecule has 0 bridgehead atoms. The topological polar surface area (TPSA) is 42.1 Å². The fourth-order valence-corrected chi connectivity index (χ4v) is 1.58. The maximum absolute atomic E-state index is 5.41. The fourth-order valence-electron chi connectivity index (χ4n) is 1.03. The predicted molar refractivity (Wildman–Crippen MR) is 52.1 cm³/mol. The van der Waals surface area contributed by atoms with E-state index in [2.05, 4.69) is 22.3 Å². The van der Waals surface area contributed by atoms with Gasteiger partial charge in [-0.3, -0.25) is 0 Å². The minimum atomic E-state index is 0.765. The van der Waals surface area contributed by atoms with Gasteiger partial charge in [0.25, 0.3) is 0 Å². The number of thiazole rings is 1. The second kappa shape index (κ2) is 5.24. The van der Waals surface area contributed by atoms with Crippen molar-refractivity contribution in [1.82, 2.24) is 9.88 Å². The Bertz CT molecular complexity index is 198. The molecule has 0 aliphatic heterocycles. The maximum atomic E-state index is 5.41. The van der Waals surface area contributed by atoms with Gasteiger partial charge in [0.05, 0.1) is 11.2 Å². The first kappa shape index (κ1) is 9.64. The van der Waals surface area contributed by atoms with E-state index in [4.69, 9.17) is 5.73 Å². The van der Waals surface area contributed by atoms with E-state index < -0.39 is 0 Å². The van der Waals surface area contributed by atoms with Crippen molar-refractivity contribution in [2.45, 2.75) is 13.0 Å². The van der Waals surface area contributed by atoms with Crippen molar-refractivity contribution in [2.24, 2.45) is 5.73 Å². The van der Waals surface area contributed by atoms with Crippen LogP contribution in [-0.4, -0.2) is 30.0 Å². The van der Waals surface area contributed by atoms with E-state index in [0.29, 0.717) is 0 Å². The molecule has 0 fully saturated rings. The Morgan fingerprint density at radius 1 is 1.67 bits per heavy atom. The van der Waals surface area contributed by atoms with Gasteiger partial charge in [-0.05, 0) is 26.6 Å². The van der Waals surface area contributed by atoms with Crippen molar-refractivity contribution >= 4 is 11.3 Å². The average molecular weight is 185 g/mol. The Labute approximate surface area is 77.2 Å². The van der Waals surface area contributed by atoms with Crippen LogP contribution in [0.2, 0.25) is 0 Å². The molecule has 0 spiro atoms. The molecule has 0 radical (unpaired) electrons. The molecule has 3 nitrogen and oxygen atoms in total. The zero-order chi connectivity index (χ0) is 8.81. The molecule has 4 heteroatoms. The summed E-state index contributed by atoms with van der Waals surface area (Å²) in [5, 5.41) is 2.08. The Kier molecular flexibility index (Phi) is 4.21. The van der Waals surface area contributed by atoms with Gasteiger partial charge >= 0.3 is 0 Å². The number of aromatic nitrogens is 1. The van der Waals surface area contributed by atoms with Crippen LogP contribution >= 0.6 is 11.3 Å². The SMILES string of the molecule is CN(CCCN)Cc1cscn1. The summed E-state index contributed by atoms with van der Waals surface area (Å²) in [4.78, 5) is 6.45. The van der Waals surface area contributed by atoms with E-state index in [9.17, 15) is 0 Å². The number of hydrogen-bond donors (Lipinski definition) is 1. The van der Waals surface area contributed by atoms with Crippen molar-refractivity contribution in [3.8, 4) is 0 Å². The van der Waals surface area contributed by atoms with Crippen LogP contribution in [0.1, 0.15) is 12.1 Å². The lowest BCUT2D eigenvalue weighted by atomic mass is 10.3. The van der Waals surface area contributed by atoms with Gasteiger partial charge in [-0.2, -0.15) is 0 Å². The maximum Gasteiger partial charge on any atom is 0.0795 e. The van der Waals surface area contributed by atoms with Crippen LogP contribution in [-0.2, 0) is 6.54 Å². The lowest BCUT2D eigenvalue weighted by molar-refractivity contribution is 0.321. The minimum Gasteiger partial charge on any atom is -0.330 e. The molecule has 68 valence electrons. The molecule has 0 amide bonds. The van der Waals surface area contributed by atoms with E-state index in [1.165, 1.54) is 0 Å². The molecule has 0 atom stereocenters. The smallest absolute Gasteiger partial charge is 0.0795 e. The summed E-state index contributed by atoms with van der Waals surface area (Å²) in [6.45, 7) is 2.75. The molecule has 0 saturated carbocycles. The summed E-state index contributed by atoms with van der Waals surface area (Å²) >= 11 is 1.64. The third-order valence-corrected chi connectivity index (χ3v) is 2.29. The molecular weight excluding hydrogens is 170 g/mol. The molecule has 0 unspecified atom stereocenters. The summed E-state index contributed by atoms with van der Waals surface area (Å²) in [6.07, 6.45) is 1.06. The first-order chi connectivity index (χ1) is 5.83. The number of nitrogens with zero attached hydrogens (tertiary/aromatic N) is 2. The van der Waals surface area contributed by atoms with Gasteiger partial charge in [0, 0.05) is 11.9 Å². The highest BCUT2D eigenvalue weighted by Crippen LogP contribution is 2.03. The fraction of sp³-hybridized carbons (Fsp3) is 0.625. The first-order valence-electron chi connectivity index (χ1n) is 4.08. The van der Waals surface area contributed by atoms with E-state index in [-0.39, 0.29) is 0 Å². The zero-order valence-corrected chi connectivity index (χ0v) is 8.18. The Morgan fingerprint density at radius 3 is 3.08 bits per heavy atom. The van der Waals surface area contributed by atoms with Crippen molar-refractivity contribution < 1.29 is 0 Å². The minimum absolute atomic E-state index is 0.765. The number of nitrogens with two attached hydrogens (primary N) is 1. The van der Waals surface area contributed by atoms with Gasteiger partial charge < -0.3 is 10.6 Å². The molecule has 1 rings (SSSR count). The molecular formula is C8H15N3S. The van der Waals surface area contributed by atoms with E-state index in [1.807, 2.05) is 5.51 Å². The van der Waals surface area contributed by atoms with Gasteiger partial charge in [-0.25, -0.2) is 4.98 Å². The van der Waals surface area contributed by atoms with E-state index in [0.717, 1.165) is 31.7 Å². The van der Waals surface area contributed by atoms with Crippen LogP contribution in [0, 0.1) is 0 Å². The van der Waals surface area contributed by atoms with Crippen molar-refractivity contribution in [2.75, 3.05) is 20.1 Å². The Balaban J connectivity index is 2.22. The summed E-state index contributed by atoms with van der Waals surface area (Å²) in [6, 6.07) is 0.